The van der Waals surface area contributed by atoms with E-state index in [-0.39, 0.29) is 0 Å². The molecule has 0 radical (unpaired) electrons. The molecule has 0 aromatic rings. The van der Waals surface area contributed by atoms with Gasteiger partial charge in [0.25, 0.3) is 0 Å². The van der Waals surface area contributed by atoms with Crippen LogP contribution in [0.5, 0.6) is 0 Å². The summed E-state index contributed by atoms with van der Waals surface area (Å²) < 4.78 is 0. The first kappa shape index (κ1) is 5.49. The molecule has 0 spiro atoms. The van der Waals surface area contributed by atoms with Crippen molar-refractivity contribution in [2.75, 3.05) is 0 Å². The van der Waals surface area contributed by atoms with Gasteiger partial charge in [-0.05, 0) is 12.8 Å². The van der Waals surface area contributed by atoms with Crippen molar-refractivity contribution < 1.29 is 0 Å². The van der Waals surface area contributed by atoms with E-state index in [0.717, 1.165) is 10.5 Å². The minimum atomic E-state index is 0.963. The van der Waals surface area contributed by atoms with Crippen LogP contribution in [0.4, 0.5) is 0 Å². The van der Waals surface area contributed by atoms with E-state index >= 15 is 0 Å². The molecule has 0 N–H and O–H groups in total. The largest absolute Gasteiger partial charge is 0.155 e. The van der Waals surface area contributed by atoms with Crippen molar-refractivity contribution in [1.82, 2.24) is 0 Å². The first-order chi connectivity index (χ1) is 3.33. The summed E-state index contributed by atoms with van der Waals surface area (Å²) in [6, 6.07) is 0. The molecule has 2 unspecified atom stereocenters. The van der Waals surface area contributed by atoms with Crippen molar-refractivity contribution in [1.29, 1.82) is 0 Å². The molecule has 0 aromatic carbocycles. The lowest BCUT2D eigenvalue weighted by atomic mass is 10.2. The second-order valence-corrected chi connectivity index (χ2v) is 3.96. The van der Waals surface area contributed by atoms with E-state index in [1.165, 1.54) is 12.8 Å². The van der Waals surface area contributed by atoms with E-state index in [1.807, 2.05) is 0 Å². The summed E-state index contributed by atoms with van der Waals surface area (Å²) in [6.07, 6.45) is 2.83. The fourth-order valence-electron chi connectivity index (χ4n) is 0.951. The molecule has 1 heterocycles. The summed E-state index contributed by atoms with van der Waals surface area (Å²) in [6.45, 7) is 4.57. The van der Waals surface area contributed by atoms with Crippen LogP contribution < -0.4 is 0 Å². The first-order valence-electron chi connectivity index (χ1n) is 2.98. The Morgan fingerprint density at radius 3 is 2.43 bits per heavy atom. The van der Waals surface area contributed by atoms with Crippen molar-refractivity contribution in [3.8, 4) is 0 Å². The molecule has 0 bridgehead atoms. The van der Waals surface area contributed by atoms with Crippen LogP contribution in [0.1, 0.15) is 26.7 Å². The van der Waals surface area contributed by atoms with E-state index in [4.69, 9.17) is 0 Å². The maximum atomic E-state index is 2.30. The number of hydrogen-bond donors (Lipinski definition) is 0. The highest BCUT2D eigenvalue weighted by Crippen LogP contribution is 2.37. The van der Waals surface area contributed by atoms with E-state index in [9.17, 15) is 0 Å². The van der Waals surface area contributed by atoms with E-state index in [0.29, 0.717) is 0 Å². The summed E-state index contributed by atoms with van der Waals surface area (Å²) in [4.78, 5) is 0. The molecule has 1 aliphatic rings. The molecular formula is C6H12S. The molecule has 0 nitrogen and oxygen atoms in total. The Labute approximate surface area is 49.7 Å². The third-order valence-corrected chi connectivity index (χ3v) is 3.04. The number of thioether (sulfide) groups is 1. The van der Waals surface area contributed by atoms with Crippen LogP contribution in [0.3, 0.4) is 0 Å². The maximum absolute atomic E-state index is 2.30. The molecule has 1 rings (SSSR count). The van der Waals surface area contributed by atoms with Gasteiger partial charge < -0.3 is 0 Å². The molecule has 1 fully saturated rings. The van der Waals surface area contributed by atoms with Crippen molar-refractivity contribution in [3.05, 3.63) is 0 Å². The Kier molecular flexibility index (Phi) is 1.63. The standard InChI is InChI=1S/C6H12S/c1-3-6-4-5(2)7-6/h5-6H,3-4H2,1-2H3. The molecule has 1 aliphatic heterocycles. The van der Waals surface area contributed by atoms with Crippen molar-refractivity contribution >= 4 is 11.8 Å². The summed E-state index contributed by atoms with van der Waals surface area (Å²) in [5, 5.41) is 1.97. The third-order valence-electron chi connectivity index (χ3n) is 1.47. The number of hydrogen-bond acceptors (Lipinski definition) is 1. The smallest absolute Gasteiger partial charge is 0.00575 e. The normalized spacial score (nSPS) is 40.3. The SMILES string of the molecule is CCC1CC(C)S1. The molecule has 0 aromatic heterocycles. The summed E-state index contributed by atoms with van der Waals surface area (Å²) in [5.74, 6) is 0. The fourth-order valence-corrected chi connectivity index (χ4v) is 2.18. The van der Waals surface area contributed by atoms with Crippen molar-refractivity contribution in [2.24, 2.45) is 0 Å². The molecule has 42 valence electrons. The van der Waals surface area contributed by atoms with Crippen LogP contribution >= 0.6 is 11.8 Å². The quantitative estimate of drug-likeness (QED) is 0.506. The minimum Gasteiger partial charge on any atom is -0.155 e. The van der Waals surface area contributed by atoms with Crippen LogP contribution in [-0.4, -0.2) is 10.5 Å². The predicted molar refractivity (Wildman–Crippen MR) is 35.7 cm³/mol. The van der Waals surface area contributed by atoms with Gasteiger partial charge in [-0.3, -0.25) is 0 Å². The van der Waals surface area contributed by atoms with Crippen LogP contribution in [0.15, 0.2) is 0 Å². The first-order valence-corrected chi connectivity index (χ1v) is 3.92. The lowest BCUT2D eigenvalue weighted by Crippen LogP contribution is -2.22. The number of rotatable bonds is 1. The van der Waals surface area contributed by atoms with E-state index in [2.05, 4.69) is 25.6 Å². The molecule has 0 aliphatic carbocycles. The molecule has 1 saturated heterocycles. The fraction of sp³-hybridized carbons (Fsp3) is 1.00. The van der Waals surface area contributed by atoms with Gasteiger partial charge in [0, 0.05) is 10.5 Å². The lowest BCUT2D eigenvalue weighted by Gasteiger charge is -2.30. The lowest BCUT2D eigenvalue weighted by molar-refractivity contribution is 0.676. The Morgan fingerprint density at radius 1 is 1.71 bits per heavy atom. The molecule has 2 atom stereocenters. The van der Waals surface area contributed by atoms with E-state index < -0.39 is 0 Å². The van der Waals surface area contributed by atoms with Gasteiger partial charge in [0.05, 0.1) is 0 Å². The van der Waals surface area contributed by atoms with Gasteiger partial charge in [0.2, 0.25) is 0 Å². The van der Waals surface area contributed by atoms with Gasteiger partial charge in [-0.1, -0.05) is 13.8 Å². The zero-order valence-electron chi connectivity index (χ0n) is 4.98. The Bertz CT molecular complexity index is 55.2. The second kappa shape index (κ2) is 2.08. The molecule has 0 saturated carbocycles. The summed E-state index contributed by atoms with van der Waals surface area (Å²) in [7, 11) is 0. The van der Waals surface area contributed by atoms with Crippen molar-refractivity contribution in [3.63, 3.8) is 0 Å². The van der Waals surface area contributed by atoms with Gasteiger partial charge in [-0.15, -0.1) is 0 Å². The van der Waals surface area contributed by atoms with Gasteiger partial charge in [-0.25, -0.2) is 0 Å². The Hall–Kier alpha value is 0.350. The monoisotopic (exact) mass is 116 g/mol. The van der Waals surface area contributed by atoms with Crippen LogP contribution in [-0.2, 0) is 0 Å². The van der Waals surface area contributed by atoms with E-state index in [1.54, 1.807) is 0 Å². The summed E-state index contributed by atoms with van der Waals surface area (Å²) in [5.41, 5.74) is 0. The molecule has 1 heteroatoms. The second-order valence-electron chi connectivity index (χ2n) is 2.21. The van der Waals surface area contributed by atoms with Crippen LogP contribution in [0.25, 0.3) is 0 Å². The maximum Gasteiger partial charge on any atom is 0.00575 e. The van der Waals surface area contributed by atoms with Crippen LogP contribution in [0, 0.1) is 0 Å². The Morgan fingerprint density at radius 2 is 2.29 bits per heavy atom. The third kappa shape index (κ3) is 1.12. The van der Waals surface area contributed by atoms with Crippen LogP contribution in [0.2, 0.25) is 0 Å². The molecular weight excluding hydrogens is 104 g/mol. The predicted octanol–water partition coefficient (Wildman–Crippen LogP) is 2.29. The van der Waals surface area contributed by atoms with Gasteiger partial charge in [-0.2, -0.15) is 11.8 Å². The van der Waals surface area contributed by atoms with Crippen molar-refractivity contribution in [2.45, 2.75) is 37.2 Å². The highest BCUT2D eigenvalue weighted by Gasteiger charge is 2.23. The average Bonchev–Trinajstić information content (AvgIpc) is 1.58. The van der Waals surface area contributed by atoms with Gasteiger partial charge in [0.1, 0.15) is 0 Å². The zero-order chi connectivity index (χ0) is 5.28. The van der Waals surface area contributed by atoms with Gasteiger partial charge >= 0.3 is 0 Å². The summed E-state index contributed by atoms with van der Waals surface area (Å²) >= 11 is 2.13. The average molecular weight is 116 g/mol. The Balaban J connectivity index is 2.06. The van der Waals surface area contributed by atoms with Gasteiger partial charge in [0.15, 0.2) is 0 Å². The topological polar surface area (TPSA) is 0 Å². The highest BCUT2D eigenvalue weighted by atomic mass is 32.2. The highest BCUT2D eigenvalue weighted by molar-refractivity contribution is 8.01. The molecule has 7 heavy (non-hydrogen) atoms. The zero-order valence-corrected chi connectivity index (χ0v) is 5.79. The molecule has 0 amide bonds. The minimum absolute atomic E-state index is 0.963.